The minimum Gasteiger partial charge on any atom is -0.495 e. The second-order valence-corrected chi connectivity index (χ2v) is 8.72. The summed E-state index contributed by atoms with van der Waals surface area (Å²) < 4.78 is 5.11. The summed E-state index contributed by atoms with van der Waals surface area (Å²) in [6, 6.07) is 7.01. The van der Waals surface area contributed by atoms with Gasteiger partial charge in [-0.2, -0.15) is 5.26 Å². The van der Waals surface area contributed by atoms with E-state index in [1.54, 1.807) is 24.4 Å². The number of ether oxygens (including phenoxy) is 1. The molecule has 1 aromatic rings. The number of carbonyl (C=O) groups excluding carboxylic acids is 1. The van der Waals surface area contributed by atoms with Crippen LogP contribution in [0.4, 0.5) is 5.69 Å². The standard InChI is InChI=1S/C21H24ClN3O2/c1-27-19-3-2-17(7-18(19)22)25-20(26)16(11-23)12-24-21-8-13-4-14(9-21)6-15(5-13)10-21/h2-3,7,12-15,24H,4-6,8-10H2,1H3,(H,25,26)/b16-12-. The van der Waals surface area contributed by atoms with E-state index in [4.69, 9.17) is 16.3 Å². The maximum absolute atomic E-state index is 12.5. The van der Waals surface area contributed by atoms with Crippen molar-refractivity contribution in [3.05, 3.63) is 35.0 Å². The average molecular weight is 386 g/mol. The Hall–Kier alpha value is -2.19. The quantitative estimate of drug-likeness (QED) is 0.586. The van der Waals surface area contributed by atoms with Gasteiger partial charge in [0.15, 0.2) is 0 Å². The van der Waals surface area contributed by atoms with E-state index in [0.717, 1.165) is 37.0 Å². The summed E-state index contributed by atoms with van der Waals surface area (Å²) in [5.41, 5.74) is 0.681. The first-order valence-corrected chi connectivity index (χ1v) is 9.91. The van der Waals surface area contributed by atoms with Gasteiger partial charge in [0.25, 0.3) is 5.91 Å². The van der Waals surface area contributed by atoms with Gasteiger partial charge in [-0.15, -0.1) is 0 Å². The van der Waals surface area contributed by atoms with Gasteiger partial charge in [-0.25, -0.2) is 0 Å². The smallest absolute Gasteiger partial charge is 0.267 e. The van der Waals surface area contributed by atoms with Crippen LogP contribution < -0.4 is 15.4 Å². The third-order valence-electron chi connectivity index (χ3n) is 6.34. The maximum atomic E-state index is 12.5. The fraction of sp³-hybridized carbons (Fsp3) is 0.524. The van der Waals surface area contributed by atoms with Crippen molar-refractivity contribution in [2.45, 2.75) is 44.1 Å². The summed E-state index contributed by atoms with van der Waals surface area (Å²) in [5, 5.41) is 16.1. The van der Waals surface area contributed by atoms with Crippen LogP contribution in [-0.2, 0) is 4.79 Å². The van der Waals surface area contributed by atoms with Gasteiger partial charge >= 0.3 is 0 Å². The number of nitrogens with zero attached hydrogens (tertiary/aromatic N) is 1. The summed E-state index contributed by atoms with van der Waals surface area (Å²) in [5.74, 6) is 2.51. The summed E-state index contributed by atoms with van der Waals surface area (Å²) in [7, 11) is 1.53. The zero-order valence-corrected chi connectivity index (χ0v) is 16.2. The summed E-state index contributed by atoms with van der Waals surface area (Å²) in [6.07, 6.45) is 9.16. The number of nitrogens with one attached hydrogen (secondary N) is 2. The monoisotopic (exact) mass is 385 g/mol. The Kier molecular flexibility index (Phi) is 4.77. The number of hydrogen-bond donors (Lipinski definition) is 2. The molecule has 4 fully saturated rings. The predicted octanol–water partition coefficient (Wildman–Crippen LogP) is 4.25. The Balaban J connectivity index is 1.45. The highest BCUT2D eigenvalue weighted by atomic mass is 35.5. The number of benzene rings is 1. The number of nitriles is 1. The number of carbonyl (C=O) groups is 1. The molecular weight excluding hydrogens is 362 g/mol. The molecule has 4 aliphatic rings. The third kappa shape index (κ3) is 3.64. The average Bonchev–Trinajstić information content (AvgIpc) is 2.61. The largest absolute Gasteiger partial charge is 0.495 e. The highest BCUT2D eigenvalue weighted by Crippen LogP contribution is 2.55. The van der Waals surface area contributed by atoms with Crippen molar-refractivity contribution in [3.8, 4) is 11.8 Å². The van der Waals surface area contributed by atoms with Crippen molar-refractivity contribution in [2.75, 3.05) is 12.4 Å². The lowest BCUT2D eigenvalue weighted by Crippen LogP contribution is -2.57. The van der Waals surface area contributed by atoms with Crippen molar-refractivity contribution >= 4 is 23.2 Å². The van der Waals surface area contributed by atoms with Crippen molar-refractivity contribution in [2.24, 2.45) is 17.8 Å². The van der Waals surface area contributed by atoms with E-state index in [-0.39, 0.29) is 11.1 Å². The van der Waals surface area contributed by atoms with E-state index in [9.17, 15) is 10.1 Å². The molecular formula is C21H24ClN3O2. The van der Waals surface area contributed by atoms with Gasteiger partial charge in [0, 0.05) is 17.4 Å². The van der Waals surface area contributed by atoms with E-state index in [0.29, 0.717) is 16.5 Å². The van der Waals surface area contributed by atoms with Gasteiger partial charge in [0.05, 0.1) is 12.1 Å². The van der Waals surface area contributed by atoms with Gasteiger partial charge in [0.2, 0.25) is 0 Å². The van der Waals surface area contributed by atoms with E-state index in [2.05, 4.69) is 10.6 Å². The normalized spacial score (nSPS) is 31.3. The Morgan fingerprint density at radius 3 is 2.41 bits per heavy atom. The van der Waals surface area contributed by atoms with Crippen molar-refractivity contribution in [1.82, 2.24) is 5.32 Å². The Morgan fingerprint density at radius 1 is 1.26 bits per heavy atom. The van der Waals surface area contributed by atoms with Crippen LogP contribution in [0.1, 0.15) is 38.5 Å². The second-order valence-electron chi connectivity index (χ2n) is 8.32. The van der Waals surface area contributed by atoms with Crippen LogP contribution in [0.2, 0.25) is 5.02 Å². The Morgan fingerprint density at radius 2 is 1.89 bits per heavy atom. The van der Waals surface area contributed by atoms with Crippen LogP contribution in [0.3, 0.4) is 0 Å². The van der Waals surface area contributed by atoms with Gasteiger partial charge < -0.3 is 15.4 Å². The Bertz CT molecular complexity index is 792. The van der Waals surface area contributed by atoms with Crippen LogP contribution in [0.5, 0.6) is 5.75 Å². The molecule has 0 atom stereocenters. The highest BCUT2D eigenvalue weighted by molar-refractivity contribution is 6.32. The van der Waals surface area contributed by atoms with Crippen molar-refractivity contribution in [1.29, 1.82) is 5.26 Å². The second kappa shape index (κ2) is 7.09. The molecule has 0 aromatic heterocycles. The molecule has 4 bridgehead atoms. The molecule has 0 aliphatic heterocycles. The van der Waals surface area contributed by atoms with Gasteiger partial charge in [0.1, 0.15) is 17.4 Å². The number of anilines is 1. The van der Waals surface area contributed by atoms with Crippen LogP contribution in [0.25, 0.3) is 0 Å². The molecule has 27 heavy (non-hydrogen) atoms. The molecule has 2 N–H and O–H groups in total. The van der Waals surface area contributed by atoms with E-state index < -0.39 is 5.91 Å². The van der Waals surface area contributed by atoms with Gasteiger partial charge in [-0.1, -0.05) is 11.6 Å². The molecule has 4 aliphatic carbocycles. The fourth-order valence-corrected chi connectivity index (χ4v) is 5.86. The molecule has 0 radical (unpaired) electrons. The molecule has 5 rings (SSSR count). The number of halogens is 1. The van der Waals surface area contributed by atoms with Crippen LogP contribution in [0, 0.1) is 29.1 Å². The third-order valence-corrected chi connectivity index (χ3v) is 6.63. The van der Waals surface area contributed by atoms with E-state index in [1.165, 1.54) is 26.4 Å². The minimum atomic E-state index is -0.434. The first-order valence-electron chi connectivity index (χ1n) is 9.53. The van der Waals surface area contributed by atoms with Gasteiger partial charge in [-0.05, 0) is 74.5 Å². The number of rotatable bonds is 5. The lowest BCUT2D eigenvalue weighted by Gasteiger charge is -2.56. The maximum Gasteiger partial charge on any atom is 0.267 e. The Labute approximate surface area is 164 Å². The van der Waals surface area contributed by atoms with Crippen LogP contribution in [0.15, 0.2) is 30.0 Å². The first kappa shape index (κ1) is 18.2. The minimum absolute atomic E-state index is 0.0700. The number of methoxy groups -OCH3 is 1. The first-order chi connectivity index (χ1) is 13.0. The number of hydrogen-bond acceptors (Lipinski definition) is 4. The lowest BCUT2D eigenvalue weighted by atomic mass is 9.53. The molecule has 0 saturated heterocycles. The molecule has 142 valence electrons. The summed E-state index contributed by atoms with van der Waals surface area (Å²) >= 11 is 6.10. The summed E-state index contributed by atoms with van der Waals surface area (Å²) in [6.45, 7) is 0. The molecule has 0 unspecified atom stereocenters. The zero-order valence-electron chi connectivity index (χ0n) is 15.4. The zero-order chi connectivity index (χ0) is 19.0. The summed E-state index contributed by atoms with van der Waals surface area (Å²) in [4.78, 5) is 12.5. The molecule has 1 aromatic carbocycles. The van der Waals surface area contributed by atoms with Crippen molar-refractivity contribution in [3.63, 3.8) is 0 Å². The highest BCUT2D eigenvalue weighted by Gasteiger charge is 2.50. The van der Waals surface area contributed by atoms with Gasteiger partial charge in [-0.3, -0.25) is 4.79 Å². The van der Waals surface area contributed by atoms with Crippen LogP contribution in [-0.4, -0.2) is 18.6 Å². The van der Waals surface area contributed by atoms with E-state index in [1.807, 2.05) is 6.07 Å². The molecule has 0 heterocycles. The fourth-order valence-electron chi connectivity index (χ4n) is 5.60. The lowest BCUT2D eigenvalue weighted by molar-refractivity contribution is -0.112. The van der Waals surface area contributed by atoms with Crippen molar-refractivity contribution < 1.29 is 9.53 Å². The van der Waals surface area contributed by atoms with E-state index >= 15 is 0 Å². The molecule has 5 nitrogen and oxygen atoms in total. The topological polar surface area (TPSA) is 74.1 Å². The predicted molar refractivity (Wildman–Crippen MR) is 104 cm³/mol. The molecule has 4 saturated carbocycles. The molecule has 0 spiro atoms. The molecule has 1 amide bonds. The van der Waals surface area contributed by atoms with Crippen LogP contribution >= 0.6 is 11.6 Å². The molecule has 6 heteroatoms. The SMILES string of the molecule is COc1ccc(NC(=O)/C(C#N)=C\NC23CC4CC(CC(C4)C2)C3)cc1Cl. The number of amides is 1.